The van der Waals surface area contributed by atoms with Crippen LogP contribution in [0.15, 0.2) is 54.0 Å². The van der Waals surface area contributed by atoms with E-state index in [-0.39, 0.29) is 83.2 Å². The van der Waals surface area contributed by atoms with Crippen molar-refractivity contribution in [2.24, 2.45) is 47.3 Å². The predicted octanol–water partition coefficient (Wildman–Crippen LogP) is 6.18. The molecule has 8 nitrogen and oxygen atoms in total. The van der Waals surface area contributed by atoms with Crippen molar-refractivity contribution in [3.63, 3.8) is 0 Å². The van der Waals surface area contributed by atoms with Crippen molar-refractivity contribution in [2.75, 3.05) is 14.2 Å². The molecule has 1 N–H and O–H groups in total. The van der Waals surface area contributed by atoms with Crippen molar-refractivity contribution in [2.45, 2.75) is 83.7 Å². The van der Waals surface area contributed by atoms with Gasteiger partial charge in [-0.3, -0.25) is 14.4 Å². The van der Waals surface area contributed by atoms with Crippen LogP contribution in [0.3, 0.4) is 0 Å². The van der Waals surface area contributed by atoms with Crippen LogP contribution in [-0.4, -0.2) is 55.4 Å². The third kappa shape index (κ3) is 6.45. The molecule has 1 aromatic carbocycles. The van der Waals surface area contributed by atoms with Crippen LogP contribution >= 0.6 is 0 Å². The zero-order valence-electron chi connectivity index (χ0n) is 27.7. The lowest BCUT2D eigenvalue weighted by Crippen LogP contribution is -2.45. The van der Waals surface area contributed by atoms with Gasteiger partial charge in [-0.2, -0.15) is 0 Å². The summed E-state index contributed by atoms with van der Waals surface area (Å²) in [6.45, 7) is 4.00. The Morgan fingerprint density at radius 3 is 2.40 bits per heavy atom. The van der Waals surface area contributed by atoms with Gasteiger partial charge in [0.15, 0.2) is 17.3 Å². The first-order valence-electron chi connectivity index (χ1n) is 17.2. The van der Waals surface area contributed by atoms with Gasteiger partial charge in [0.2, 0.25) is 6.29 Å². The fraction of sp³-hybridized carbons (Fsp3) is 0.605. The number of aliphatic hydroxyl groups is 1. The number of carbonyl (C=O) groups is 3. The van der Waals surface area contributed by atoms with E-state index in [0.717, 1.165) is 32.1 Å². The Morgan fingerprint density at radius 1 is 1.02 bits per heavy atom. The number of hydrogen-bond donors (Lipinski definition) is 1. The largest absolute Gasteiger partial charge is 0.501 e. The monoisotopic (exact) mass is 650 g/mol. The Labute approximate surface area is 276 Å². The van der Waals surface area contributed by atoms with Crippen LogP contribution < -0.4 is 0 Å². The van der Waals surface area contributed by atoms with Gasteiger partial charge in [0.05, 0.1) is 26.7 Å². The Hall–Kier alpha value is -3.30. The van der Waals surface area contributed by atoms with Crippen LogP contribution in [0.4, 0.5) is 4.39 Å². The number of methoxy groups -OCH3 is 2. The van der Waals surface area contributed by atoms with E-state index in [4.69, 9.17) is 18.9 Å². The Morgan fingerprint density at radius 2 is 1.72 bits per heavy atom. The quantitative estimate of drug-likeness (QED) is 0.212. The van der Waals surface area contributed by atoms with Crippen molar-refractivity contribution in [1.29, 1.82) is 0 Å². The summed E-state index contributed by atoms with van der Waals surface area (Å²) in [4.78, 5) is 42.2. The second kappa shape index (κ2) is 14.0. The zero-order valence-corrected chi connectivity index (χ0v) is 27.7. The van der Waals surface area contributed by atoms with Crippen molar-refractivity contribution < 1.29 is 42.8 Å². The van der Waals surface area contributed by atoms with Crippen LogP contribution in [0.25, 0.3) is 5.57 Å². The molecule has 5 aliphatic rings. The summed E-state index contributed by atoms with van der Waals surface area (Å²) in [5.41, 5.74) is 1.88. The molecule has 1 aliphatic heterocycles. The number of ether oxygens (including phenoxy) is 4. The van der Waals surface area contributed by atoms with E-state index in [9.17, 15) is 23.9 Å². The minimum absolute atomic E-state index is 0.0229. The highest BCUT2D eigenvalue weighted by molar-refractivity contribution is 6.24. The Balaban J connectivity index is 1.39. The van der Waals surface area contributed by atoms with E-state index in [0.29, 0.717) is 29.6 Å². The van der Waals surface area contributed by atoms with E-state index in [1.165, 1.54) is 32.6 Å². The number of fused-ring (bicyclic) bond motifs is 8. The average molecular weight is 651 g/mol. The summed E-state index contributed by atoms with van der Waals surface area (Å²) in [5.74, 6) is -2.02. The number of cyclic esters (lactones) is 1. The molecule has 3 unspecified atom stereocenters. The number of esters is 1. The molecule has 1 aromatic rings. The summed E-state index contributed by atoms with van der Waals surface area (Å²) < 4.78 is 36.3. The summed E-state index contributed by atoms with van der Waals surface area (Å²) in [7, 11) is 2.90. The number of ketones is 2. The van der Waals surface area contributed by atoms with Crippen LogP contribution in [0.2, 0.25) is 0 Å². The maximum Gasteiger partial charge on any atom is 0.306 e. The van der Waals surface area contributed by atoms with Gasteiger partial charge in [-0.05, 0) is 91.4 Å². The van der Waals surface area contributed by atoms with Gasteiger partial charge in [0, 0.05) is 23.3 Å². The first kappa shape index (κ1) is 33.6. The van der Waals surface area contributed by atoms with Crippen LogP contribution in [0.1, 0.15) is 70.8 Å². The van der Waals surface area contributed by atoms with Crippen molar-refractivity contribution in [3.8, 4) is 0 Å². The highest BCUT2D eigenvalue weighted by Gasteiger charge is 2.62. The molecular weight excluding hydrogens is 603 g/mol. The number of halogens is 1. The molecule has 2 saturated carbocycles. The number of allylic oxidation sites excluding steroid dienone is 4. The molecule has 9 heteroatoms. The summed E-state index contributed by atoms with van der Waals surface area (Å²) >= 11 is 0. The standard InChI is InChI=1S/C38H47FO8/c1-5-23-9-7-6-8-20(2)36(41)31-17-28-26-14-24(47-38(43)32(45-4)19-44-3)15-27(26)29-16-25(21-10-12-22(39)13-11-21)37(42)35(29)34(28)30(31)18-33(40)46-23/h10-13,16-17,19-20,23-24,26-30,34-35,38,43H,5-9,14-15,18H2,1-4H3/b32-19-/t20-,23+,24+,26-,27?,28+,29?,30-,34-,35?,38+/m1/s1. The van der Waals surface area contributed by atoms with Gasteiger partial charge in [0.25, 0.3) is 0 Å². The maximum atomic E-state index is 14.5. The second-order valence-corrected chi connectivity index (χ2v) is 14.1. The molecule has 254 valence electrons. The molecule has 6 rings (SSSR count). The molecule has 0 spiro atoms. The summed E-state index contributed by atoms with van der Waals surface area (Å²) in [6, 6.07) is 6.00. The van der Waals surface area contributed by atoms with Crippen LogP contribution in [-0.2, 0) is 33.3 Å². The van der Waals surface area contributed by atoms with E-state index >= 15 is 0 Å². The molecule has 1 heterocycles. The highest BCUT2D eigenvalue weighted by atomic mass is 19.1. The van der Waals surface area contributed by atoms with Gasteiger partial charge < -0.3 is 24.1 Å². The molecule has 4 aliphatic carbocycles. The van der Waals surface area contributed by atoms with Crippen molar-refractivity contribution in [1.82, 2.24) is 0 Å². The molecule has 0 radical (unpaired) electrons. The fourth-order valence-corrected chi connectivity index (χ4v) is 9.37. The van der Waals surface area contributed by atoms with Crippen molar-refractivity contribution in [3.05, 3.63) is 65.4 Å². The van der Waals surface area contributed by atoms with Gasteiger partial charge in [-0.1, -0.05) is 44.6 Å². The van der Waals surface area contributed by atoms with Gasteiger partial charge >= 0.3 is 5.97 Å². The normalized spacial score (nSPS) is 36.5. The number of aliphatic hydroxyl groups excluding tert-OH is 1. The smallest absolute Gasteiger partial charge is 0.306 e. The van der Waals surface area contributed by atoms with Gasteiger partial charge in [-0.15, -0.1) is 0 Å². The Kier molecular flexibility index (Phi) is 10.0. The van der Waals surface area contributed by atoms with E-state index in [1.54, 1.807) is 12.1 Å². The number of carbonyl (C=O) groups excluding carboxylic acids is 3. The SMILES string of the molecule is CC[C@H]1CCCC[C@@H](C)C(=O)C2=C[C@@H]3[C@@H](C4C(=O)C(c5ccc(F)cc5)=CC4C4C[C@@H](O[C@H](O)/C(=C/OC)OC)C[C@H]43)[C@@H]2CC(=O)O1. The molecule has 0 amide bonds. The maximum absolute atomic E-state index is 14.5. The average Bonchev–Trinajstić information content (AvgIpc) is 3.74. The lowest BCUT2D eigenvalue weighted by molar-refractivity contribution is -0.152. The van der Waals surface area contributed by atoms with Crippen molar-refractivity contribution >= 4 is 23.1 Å². The number of benzene rings is 1. The lowest BCUT2D eigenvalue weighted by atomic mass is 9.57. The summed E-state index contributed by atoms with van der Waals surface area (Å²) in [6.07, 6.45) is 8.94. The number of Topliss-reactive ketones (excluding diaryl/α,β-unsaturated/α-hetero) is 2. The topological polar surface area (TPSA) is 108 Å². The zero-order chi connectivity index (χ0) is 33.4. The van der Waals surface area contributed by atoms with Crippen LogP contribution in [0, 0.1) is 53.2 Å². The van der Waals surface area contributed by atoms with Gasteiger partial charge in [0.1, 0.15) is 18.2 Å². The van der Waals surface area contributed by atoms with E-state index in [2.05, 4.69) is 6.08 Å². The Bertz CT molecular complexity index is 1450. The molecule has 3 fully saturated rings. The molecule has 1 saturated heterocycles. The first-order valence-corrected chi connectivity index (χ1v) is 17.2. The number of hydrogen-bond acceptors (Lipinski definition) is 8. The summed E-state index contributed by atoms with van der Waals surface area (Å²) in [5, 5.41) is 10.8. The molecule has 0 bridgehead atoms. The third-order valence-electron chi connectivity index (χ3n) is 11.5. The van der Waals surface area contributed by atoms with Gasteiger partial charge in [-0.25, -0.2) is 4.39 Å². The minimum atomic E-state index is -1.33. The second-order valence-electron chi connectivity index (χ2n) is 14.1. The predicted molar refractivity (Wildman–Crippen MR) is 172 cm³/mol. The fourth-order valence-electron chi connectivity index (χ4n) is 9.37. The van der Waals surface area contributed by atoms with E-state index < -0.39 is 18.1 Å². The van der Waals surface area contributed by atoms with Crippen LogP contribution in [0.5, 0.6) is 0 Å². The first-order chi connectivity index (χ1) is 22.6. The molecule has 11 atom stereocenters. The lowest BCUT2D eigenvalue weighted by Gasteiger charge is -2.45. The number of rotatable bonds is 7. The van der Waals surface area contributed by atoms with E-state index in [1.807, 2.05) is 19.9 Å². The highest BCUT2D eigenvalue weighted by Crippen LogP contribution is 2.63. The third-order valence-corrected chi connectivity index (χ3v) is 11.5. The molecule has 47 heavy (non-hydrogen) atoms. The molecular formula is C38H47FO8. The molecule has 0 aromatic heterocycles. The minimum Gasteiger partial charge on any atom is -0.501 e.